The fourth-order valence-electron chi connectivity index (χ4n) is 2.64. The Morgan fingerprint density at radius 3 is 1.87 bits per heavy atom. The quantitative estimate of drug-likeness (QED) is 0.186. The fourth-order valence-corrected chi connectivity index (χ4v) is 2.64. The molecule has 11 heteroatoms. The average molecular weight is 431 g/mol. The number of hydrogen-bond acceptors (Lipinski definition) is 5. The SMILES string of the molecule is CCCCCCC(=O)NCCCC[C@H](NC(=O)N[C@@H](CCC(=O)O)C(=O)O)C(=O)O. The van der Waals surface area contributed by atoms with Crippen molar-refractivity contribution >= 4 is 29.8 Å². The molecule has 6 N–H and O–H groups in total. The number of nitrogens with one attached hydrogen (secondary N) is 3. The van der Waals surface area contributed by atoms with E-state index >= 15 is 0 Å². The molecule has 0 saturated heterocycles. The lowest BCUT2D eigenvalue weighted by atomic mass is 10.1. The van der Waals surface area contributed by atoms with Crippen molar-refractivity contribution in [3.8, 4) is 0 Å². The molecular formula is C19H33N3O8. The summed E-state index contributed by atoms with van der Waals surface area (Å²) >= 11 is 0. The van der Waals surface area contributed by atoms with Crippen LogP contribution in [0.2, 0.25) is 0 Å². The van der Waals surface area contributed by atoms with Gasteiger partial charge in [0.1, 0.15) is 12.1 Å². The molecule has 172 valence electrons. The summed E-state index contributed by atoms with van der Waals surface area (Å²) in [5.41, 5.74) is 0. The molecular weight excluding hydrogens is 398 g/mol. The number of rotatable bonds is 17. The summed E-state index contributed by atoms with van der Waals surface area (Å²) in [6.07, 6.45) is 4.78. The first kappa shape index (κ1) is 27.1. The highest BCUT2D eigenvalue weighted by atomic mass is 16.4. The van der Waals surface area contributed by atoms with Crippen molar-refractivity contribution in [1.29, 1.82) is 0 Å². The number of unbranched alkanes of at least 4 members (excludes halogenated alkanes) is 4. The summed E-state index contributed by atoms with van der Waals surface area (Å²) in [7, 11) is 0. The molecule has 0 aliphatic carbocycles. The van der Waals surface area contributed by atoms with Gasteiger partial charge in [0.15, 0.2) is 0 Å². The normalized spacial score (nSPS) is 12.4. The molecule has 0 radical (unpaired) electrons. The zero-order valence-electron chi connectivity index (χ0n) is 17.3. The average Bonchev–Trinajstić information content (AvgIpc) is 2.66. The Morgan fingerprint density at radius 1 is 0.733 bits per heavy atom. The van der Waals surface area contributed by atoms with Crippen LogP contribution in [-0.2, 0) is 19.2 Å². The van der Waals surface area contributed by atoms with Crippen molar-refractivity contribution in [2.45, 2.75) is 83.2 Å². The molecule has 0 aliphatic heterocycles. The van der Waals surface area contributed by atoms with Gasteiger partial charge in [-0.3, -0.25) is 9.59 Å². The molecule has 0 fully saturated rings. The van der Waals surface area contributed by atoms with E-state index in [1.807, 2.05) is 0 Å². The molecule has 0 heterocycles. The Kier molecular flexibility index (Phi) is 14.5. The van der Waals surface area contributed by atoms with Gasteiger partial charge in [0.2, 0.25) is 5.91 Å². The molecule has 0 unspecified atom stereocenters. The Labute approximate surface area is 175 Å². The second-order valence-electron chi connectivity index (χ2n) is 6.99. The van der Waals surface area contributed by atoms with E-state index in [2.05, 4.69) is 22.9 Å². The van der Waals surface area contributed by atoms with Gasteiger partial charge in [0, 0.05) is 19.4 Å². The monoisotopic (exact) mass is 431 g/mol. The van der Waals surface area contributed by atoms with Crippen LogP contribution in [0.5, 0.6) is 0 Å². The molecule has 0 aromatic heterocycles. The Bertz CT molecular complexity index is 582. The molecule has 0 saturated carbocycles. The second-order valence-corrected chi connectivity index (χ2v) is 6.99. The van der Waals surface area contributed by atoms with Crippen LogP contribution >= 0.6 is 0 Å². The van der Waals surface area contributed by atoms with Crippen molar-refractivity contribution in [3.63, 3.8) is 0 Å². The van der Waals surface area contributed by atoms with Crippen LogP contribution in [-0.4, -0.2) is 63.8 Å². The van der Waals surface area contributed by atoms with Crippen molar-refractivity contribution < 1.29 is 39.3 Å². The van der Waals surface area contributed by atoms with Gasteiger partial charge in [0.25, 0.3) is 0 Å². The topological polar surface area (TPSA) is 182 Å². The molecule has 3 amide bonds. The summed E-state index contributed by atoms with van der Waals surface area (Å²) in [6.45, 7) is 2.49. The van der Waals surface area contributed by atoms with E-state index in [9.17, 15) is 29.1 Å². The Morgan fingerprint density at radius 2 is 1.33 bits per heavy atom. The molecule has 0 spiro atoms. The number of amides is 3. The summed E-state index contributed by atoms with van der Waals surface area (Å²) in [6, 6.07) is -3.67. The lowest BCUT2D eigenvalue weighted by Crippen LogP contribution is -2.51. The Balaban J connectivity index is 4.23. The first-order valence-electron chi connectivity index (χ1n) is 10.2. The lowest BCUT2D eigenvalue weighted by molar-refractivity contribution is -0.140. The van der Waals surface area contributed by atoms with Crippen molar-refractivity contribution in [3.05, 3.63) is 0 Å². The van der Waals surface area contributed by atoms with Crippen LogP contribution in [0.3, 0.4) is 0 Å². The lowest BCUT2D eigenvalue weighted by Gasteiger charge is -2.18. The molecule has 0 rings (SSSR count). The molecule has 0 aromatic carbocycles. The van der Waals surface area contributed by atoms with Crippen LogP contribution in [0.1, 0.15) is 71.1 Å². The Hall–Kier alpha value is -2.85. The van der Waals surface area contributed by atoms with Gasteiger partial charge in [-0.25, -0.2) is 14.4 Å². The predicted octanol–water partition coefficient (Wildman–Crippen LogP) is 1.31. The zero-order valence-corrected chi connectivity index (χ0v) is 17.3. The number of carboxylic acid groups (broad SMARTS) is 3. The van der Waals surface area contributed by atoms with Crippen molar-refractivity contribution in [2.75, 3.05) is 6.54 Å². The van der Waals surface area contributed by atoms with E-state index in [0.717, 1.165) is 25.7 Å². The van der Waals surface area contributed by atoms with Gasteiger partial charge in [-0.15, -0.1) is 0 Å². The van der Waals surface area contributed by atoms with E-state index in [-0.39, 0.29) is 18.7 Å². The van der Waals surface area contributed by atoms with Gasteiger partial charge in [-0.05, 0) is 32.1 Å². The van der Waals surface area contributed by atoms with Crippen LogP contribution in [0, 0.1) is 0 Å². The molecule has 0 aromatic rings. The van der Waals surface area contributed by atoms with E-state index in [1.54, 1.807) is 0 Å². The summed E-state index contributed by atoms with van der Waals surface area (Å²) in [5.74, 6) is -3.94. The highest BCUT2D eigenvalue weighted by Gasteiger charge is 2.24. The van der Waals surface area contributed by atoms with Crippen molar-refractivity contribution in [2.24, 2.45) is 0 Å². The molecule has 11 nitrogen and oxygen atoms in total. The first-order chi connectivity index (χ1) is 14.2. The zero-order chi connectivity index (χ0) is 22.9. The van der Waals surface area contributed by atoms with Crippen LogP contribution < -0.4 is 16.0 Å². The minimum atomic E-state index is -1.44. The van der Waals surface area contributed by atoms with Crippen LogP contribution in [0.15, 0.2) is 0 Å². The maximum absolute atomic E-state index is 11.9. The van der Waals surface area contributed by atoms with E-state index in [0.29, 0.717) is 25.8 Å². The molecule has 0 aliphatic rings. The smallest absolute Gasteiger partial charge is 0.326 e. The summed E-state index contributed by atoms with van der Waals surface area (Å²) in [5, 5.41) is 33.9. The number of urea groups is 1. The maximum atomic E-state index is 11.9. The molecule has 30 heavy (non-hydrogen) atoms. The predicted molar refractivity (Wildman–Crippen MR) is 107 cm³/mol. The third-order valence-corrected chi connectivity index (χ3v) is 4.35. The summed E-state index contributed by atoms with van der Waals surface area (Å²) < 4.78 is 0. The number of carbonyl (C=O) groups is 5. The standard InChI is InChI=1S/C19H33N3O8/c1-2-3-4-5-9-15(23)20-12-7-6-8-13(17(26)27)21-19(30)22-14(18(28)29)10-11-16(24)25/h13-14H,2-12H2,1H3,(H,20,23)(H,24,25)(H,26,27)(H,28,29)(H2,21,22,30)/t13-,14-/m0/s1. The van der Waals surface area contributed by atoms with E-state index in [1.165, 1.54) is 0 Å². The van der Waals surface area contributed by atoms with Gasteiger partial charge in [0.05, 0.1) is 0 Å². The maximum Gasteiger partial charge on any atom is 0.326 e. The van der Waals surface area contributed by atoms with Crippen molar-refractivity contribution in [1.82, 2.24) is 16.0 Å². The van der Waals surface area contributed by atoms with Gasteiger partial charge in [-0.2, -0.15) is 0 Å². The number of aliphatic carboxylic acids is 3. The first-order valence-corrected chi connectivity index (χ1v) is 10.2. The number of carbonyl (C=O) groups excluding carboxylic acids is 2. The van der Waals surface area contributed by atoms with Crippen LogP contribution in [0.25, 0.3) is 0 Å². The molecule has 0 bridgehead atoms. The third kappa shape index (κ3) is 14.2. The number of hydrogen-bond donors (Lipinski definition) is 6. The van der Waals surface area contributed by atoms with Gasteiger partial charge in [-0.1, -0.05) is 26.2 Å². The highest BCUT2D eigenvalue weighted by Crippen LogP contribution is 2.04. The van der Waals surface area contributed by atoms with Gasteiger partial charge < -0.3 is 31.3 Å². The minimum absolute atomic E-state index is 0.0422. The van der Waals surface area contributed by atoms with Gasteiger partial charge >= 0.3 is 23.9 Å². The van der Waals surface area contributed by atoms with E-state index in [4.69, 9.17) is 10.2 Å². The number of carboxylic acids is 3. The fraction of sp³-hybridized carbons (Fsp3) is 0.737. The largest absolute Gasteiger partial charge is 0.481 e. The second kappa shape index (κ2) is 16.0. The molecule has 2 atom stereocenters. The summed E-state index contributed by atoms with van der Waals surface area (Å²) in [4.78, 5) is 56.5. The van der Waals surface area contributed by atoms with Crippen LogP contribution in [0.4, 0.5) is 4.79 Å². The third-order valence-electron chi connectivity index (χ3n) is 4.35. The highest BCUT2D eigenvalue weighted by molar-refractivity contribution is 5.86. The minimum Gasteiger partial charge on any atom is -0.481 e. The van der Waals surface area contributed by atoms with E-state index < -0.39 is 42.4 Å².